The summed E-state index contributed by atoms with van der Waals surface area (Å²) in [6, 6.07) is 0. The van der Waals surface area contributed by atoms with Crippen molar-refractivity contribution in [2.75, 3.05) is 0 Å². The van der Waals surface area contributed by atoms with Crippen LogP contribution in [0.2, 0.25) is 0 Å². The van der Waals surface area contributed by atoms with Gasteiger partial charge in [0.25, 0.3) is 0 Å². The number of carbonyl (C=O) groups is 1. The molecule has 0 aromatic rings. The Morgan fingerprint density at radius 1 is 0.700 bits per heavy atom. The first-order chi connectivity index (χ1) is 4.89. The summed E-state index contributed by atoms with van der Waals surface area (Å²) in [5.74, 6) is 0.0243. The maximum atomic E-state index is 10.7. The highest BCUT2D eigenvalue weighted by Gasteiger charge is 1.84. The molecule has 0 saturated carbocycles. The molecule has 0 saturated heterocycles. The maximum Gasteiger partial charge on any atom is 0.178 e. The molecule has 1 aliphatic carbocycles. The molecule has 0 aliphatic heterocycles. The van der Waals surface area contributed by atoms with Gasteiger partial charge in [-0.15, -0.1) is 0 Å². The molecule has 0 atom stereocenters. The Morgan fingerprint density at radius 3 is 1.60 bits per heavy atom. The van der Waals surface area contributed by atoms with Gasteiger partial charge in [-0.05, 0) is 12.2 Å². The van der Waals surface area contributed by atoms with E-state index in [1.165, 1.54) is 12.2 Å². The number of rotatable bonds is 0. The van der Waals surface area contributed by atoms with Crippen LogP contribution in [0, 0.1) is 0 Å². The fourth-order valence-electron chi connectivity index (χ4n) is 0.613. The lowest BCUT2D eigenvalue weighted by Crippen LogP contribution is -1.81. The molecule has 0 radical (unpaired) electrons. The number of hydrogen-bond acceptors (Lipinski definition) is 1. The van der Waals surface area contributed by atoms with Gasteiger partial charge in [-0.1, -0.05) is 36.5 Å². The van der Waals surface area contributed by atoms with Gasteiger partial charge in [0, 0.05) is 0 Å². The zero-order valence-electron chi connectivity index (χ0n) is 5.53. The first-order valence-corrected chi connectivity index (χ1v) is 3.11. The molecule has 1 nitrogen and oxygen atoms in total. The highest BCUT2D eigenvalue weighted by atomic mass is 16.1. The van der Waals surface area contributed by atoms with Crippen molar-refractivity contribution in [3.63, 3.8) is 0 Å². The minimum Gasteiger partial charge on any atom is -0.290 e. The van der Waals surface area contributed by atoms with Gasteiger partial charge < -0.3 is 0 Å². The minimum absolute atomic E-state index is 0.0243. The summed E-state index contributed by atoms with van der Waals surface area (Å²) in [5.41, 5.74) is 0. The first-order valence-electron chi connectivity index (χ1n) is 3.11. The van der Waals surface area contributed by atoms with Crippen LogP contribution in [0.1, 0.15) is 0 Å². The topological polar surface area (TPSA) is 17.1 Å². The average Bonchev–Trinajstić information content (AvgIpc) is 2.02. The van der Waals surface area contributed by atoms with Gasteiger partial charge in [-0.2, -0.15) is 0 Å². The van der Waals surface area contributed by atoms with Crippen LogP contribution in [0.15, 0.2) is 48.6 Å². The second-order valence-electron chi connectivity index (χ2n) is 1.89. The molecule has 0 amide bonds. The van der Waals surface area contributed by atoms with Crippen molar-refractivity contribution < 1.29 is 4.79 Å². The van der Waals surface area contributed by atoms with Crippen LogP contribution in [-0.4, -0.2) is 5.78 Å². The van der Waals surface area contributed by atoms with Crippen molar-refractivity contribution in [3.05, 3.63) is 48.6 Å². The van der Waals surface area contributed by atoms with E-state index in [4.69, 9.17) is 0 Å². The van der Waals surface area contributed by atoms with Gasteiger partial charge in [0.05, 0.1) is 0 Å². The fraction of sp³-hybridized carbons (Fsp3) is 0. The SMILES string of the molecule is O=C1C=CC=CC=CC=C1. The van der Waals surface area contributed by atoms with Gasteiger partial charge >= 0.3 is 0 Å². The van der Waals surface area contributed by atoms with E-state index in [1.807, 2.05) is 24.3 Å². The average molecular weight is 132 g/mol. The van der Waals surface area contributed by atoms with Crippen molar-refractivity contribution in [2.24, 2.45) is 0 Å². The zero-order chi connectivity index (χ0) is 7.23. The van der Waals surface area contributed by atoms with Gasteiger partial charge in [0.15, 0.2) is 5.78 Å². The molecule has 0 spiro atoms. The third-order valence-corrected chi connectivity index (χ3v) is 1.08. The van der Waals surface area contributed by atoms with E-state index in [0.29, 0.717) is 0 Å². The molecule has 0 bridgehead atoms. The monoisotopic (exact) mass is 132 g/mol. The lowest BCUT2D eigenvalue weighted by Gasteiger charge is -1.75. The molecular weight excluding hydrogens is 124 g/mol. The highest BCUT2D eigenvalue weighted by Crippen LogP contribution is 1.88. The fourth-order valence-corrected chi connectivity index (χ4v) is 0.613. The third-order valence-electron chi connectivity index (χ3n) is 1.08. The summed E-state index contributed by atoms with van der Waals surface area (Å²) in [4.78, 5) is 10.7. The molecule has 1 rings (SSSR count). The number of carbonyl (C=O) groups excluding carboxylic acids is 1. The van der Waals surface area contributed by atoms with Crippen LogP contribution in [0.25, 0.3) is 0 Å². The van der Waals surface area contributed by atoms with E-state index in [1.54, 1.807) is 12.2 Å². The van der Waals surface area contributed by atoms with E-state index in [0.717, 1.165) is 0 Å². The van der Waals surface area contributed by atoms with Gasteiger partial charge in [-0.25, -0.2) is 0 Å². The van der Waals surface area contributed by atoms with Crippen LogP contribution >= 0.6 is 0 Å². The lowest BCUT2D eigenvalue weighted by atomic mass is 10.3. The van der Waals surface area contributed by atoms with Crippen molar-refractivity contribution in [1.29, 1.82) is 0 Å². The van der Waals surface area contributed by atoms with Gasteiger partial charge in [-0.3, -0.25) is 4.79 Å². The minimum atomic E-state index is 0.0243. The largest absolute Gasteiger partial charge is 0.290 e. The predicted molar refractivity (Wildman–Crippen MR) is 41.6 cm³/mol. The van der Waals surface area contributed by atoms with Crippen molar-refractivity contribution in [1.82, 2.24) is 0 Å². The van der Waals surface area contributed by atoms with E-state index in [9.17, 15) is 4.79 Å². The Hall–Kier alpha value is -1.37. The van der Waals surface area contributed by atoms with Crippen molar-refractivity contribution >= 4 is 5.78 Å². The highest BCUT2D eigenvalue weighted by molar-refractivity contribution is 5.99. The Morgan fingerprint density at radius 2 is 1.10 bits per heavy atom. The van der Waals surface area contributed by atoms with E-state index >= 15 is 0 Å². The van der Waals surface area contributed by atoms with Gasteiger partial charge in [0.2, 0.25) is 0 Å². The number of ketones is 1. The Kier molecular flexibility index (Phi) is 2.44. The Balaban J connectivity index is 2.80. The van der Waals surface area contributed by atoms with E-state index in [-0.39, 0.29) is 5.78 Å². The van der Waals surface area contributed by atoms with Crippen LogP contribution in [0.3, 0.4) is 0 Å². The molecule has 0 heterocycles. The van der Waals surface area contributed by atoms with Gasteiger partial charge in [0.1, 0.15) is 0 Å². The summed E-state index contributed by atoms with van der Waals surface area (Å²) in [6.45, 7) is 0. The lowest BCUT2D eigenvalue weighted by molar-refractivity contribution is -0.110. The molecule has 0 N–H and O–H groups in total. The molecule has 0 fully saturated rings. The molecule has 1 heteroatoms. The molecule has 0 aromatic heterocycles. The summed E-state index contributed by atoms with van der Waals surface area (Å²) in [6.07, 6.45) is 13.9. The summed E-state index contributed by atoms with van der Waals surface area (Å²) in [7, 11) is 0. The van der Waals surface area contributed by atoms with Crippen LogP contribution < -0.4 is 0 Å². The van der Waals surface area contributed by atoms with Crippen molar-refractivity contribution in [2.45, 2.75) is 0 Å². The van der Waals surface area contributed by atoms with Crippen LogP contribution in [-0.2, 0) is 4.79 Å². The van der Waals surface area contributed by atoms with E-state index < -0.39 is 0 Å². The first kappa shape index (κ1) is 6.75. The predicted octanol–water partition coefficient (Wildman–Crippen LogP) is 1.79. The number of hydrogen-bond donors (Lipinski definition) is 0. The summed E-state index contributed by atoms with van der Waals surface area (Å²) < 4.78 is 0. The summed E-state index contributed by atoms with van der Waals surface area (Å²) in [5, 5.41) is 0. The molecule has 0 unspecified atom stereocenters. The molecule has 1 aliphatic rings. The van der Waals surface area contributed by atoms with E-state index in [2.05, 4.69) is 0 Å². The second kappa shape index (κ2) is 3.62. The zero-order valence-corrected chi connectivity index (χ0v) is 5.53. The quantitative estimate of drug-likeness (QED) is 0.491. The van der Waals surface area contributed by atoms with Crippen LogP contribution in [0.5, 0.6) is 0 Å². The molecule has 10 heavy (non-hydrogen) atoms. The molecule has 0 aromatic carbocycles. The smallest absolute Gasteiger partial charge is 0.178 e. The molecular formula is C9H8O. The third kappa shape index (κ3) is 2.27. The Labute approximate surface area is 60.1 Å². The van der Waals surface area contributed by atoms with Crippen molar-refractivity contribution in [3.8, 4) is 0 Å². The normalized spacial score (nSPS) is 16.6. The standard InChI is InChI=1S/C9H8O/c10-9-7-5-3-1-2-4-6-8-9/h1-8H. The Bertz CT molecular complexity index is 205. The summed E-state index contributed by atoms with van der Waals surface area (Å²) >= 11 is 0. The maximum absolute atomic E-state index is 10.7. The molecule has 50 valence electrons. The second-order valence-corrected chi connectivity index (χ2v) is 1.89. The van der Waals surface area contributed by atoms with Crippen LogP contribution in [0.4, 0.5) is 0 Å². The number of allylic oxidation sites excluding steroid dienone is 8.